The number of benzene rings is 2. The Bertz CT molecular complexity index is 926. The standard InChI is InChI=1S/C25H29F5O3/c1-3-13-31-15-16-5-7-17(8-6-16)18-9-11-21(20(26)14-18)33-25(29,30)19-10-12-22(32-4-2)24(28)23(19)27/h9-12,14,16-17H,3-8,13,15H2,1-2H3. The molecule has 0 aromatic heterocycles. The minimum Gasteiger partial charge on any atom is -0.491 e. The lowest BCUT2D eigenvalue weighted by Crippen LogP contribution is -2.25. The number of alkyl halides is 2. The van der Waals surface area contributed by atoms with Crippen LogP contribution in [-0.2, 0) is 10.8 Å². The van der Waals surface area contributed by atoms with Crippen LogP contribution in [0.2, 0.25) is 0 Å². The quantitative estimate of drug-likeness (QED) is 0.268. The van der Waals surface area contributed by atoms with Crippen LogP contribution in [0.3, 0.4) is 0 Å². The predicted molar refractivity (Wildman–Crippen MR) is 114 cm³/mol. The first-order valence-electron chi connectivity index (χ1n) is 11.3. The summed E-state index contributed by atoms with van der Waals surface area (Å²) < 4.78 is 86.9. The van der Waals surface area contributed by atoms with Gasteiger partial charge in [0.2, 0.25) is 5.82 Å². The smallest absolute Gasteiger partial charge is 0.429 e. The molecule has 1 saturated carbocycles. The molecule has 8 heteroatoms. The van der Waals surface area contributed by atoms with Crippen LogP contribution < -0.4 is 9.47 Å². The van der Waals surface area contributed by atoms with Gasteiger partial charge in [-0.05, 0) is 80.7 Å². The Labute approximate surface area is 190 Å². The summed E-state index contributed by atoms with van der Waals surface area (Å²) in [6.07, 6.45) is 0.305. The summed E-state index contributed by atoms with van der Waals surface area (Å²) in [6.45, 7) is 5.10. The van der Waals surface area contributed by atoms with Crippen molar-refractivity contribution in [3.8, 4) is 11.5 Å². The molecule has 2 aromatic carbocycles. The average Bonchev–Trinajstić information content (AvgIpc) is 2.79. The Hall–Kier alpha value is -2.35. The fourth-order valence-electron chi connectivity index (χ4n) is 4.13. The van der Waals surface area contributed by atoms with Gasteiger partial charge in [-0.2, -0.15) is 13.2 Å². The molecule has 1 aliphatic rings. The molecule has 0 atom stereocenters. The van der Waals surface area contributed by atoms with Crippen LogP contribution in [0.4, 0.5) is 22.0 Å². The van der Waals surface area contributed by atoms with Crippen molar-refractivity contribution in [1.82, 2.24) is 0 Å². The lowest BCUT2D eigenvalue weighted by atomic mass is 9.79. The van der Waals surface area contributed by atoms with Gasteiger partial charge in [0.25, 0.3) is 0 Å². The Morgan fingerprint density at radius 1 is 0.909 bits per heavy atom. The Kier molecular flexibility index (Phi) is 8.57. The minimum absolute atomic E-state index is 0.0362. The van der Waals surface area contributed by atoms with Gasteiger partial charge < -0.3 is 14.2 Å². The van der Waals surface area contributed by atoms with Crippen LogP contribution in [-0.4, -0.2) is 19.8 Å². The third kappa shape index (κ3) is 6.16. The van der Waals surface area contributed by atoms with Crippen LogP contribution in [0.25, 0.3) is 0 Å². The number of rotatable bonds is 10. The molecule has 182 valence electrons. The molecular weight excluding hydrogens is 443 g/mol. The zero-order valence-electron chi connectivity index (χ0n) is 18.8. The molecule has 1 fully saturated rings. The van der Waals surface area contributed by atoms with E-state index in [0.717, 1.165) is 57.5 Å². The second-order valence-corrected chi connectivity index (χ2v) is 8.27. The third-order valence-corrected chi connectivity index (χ3v) is 5.87. The zero-order chi connectivity index (χ0) is 24.0. The molecule has 0 radical (unpaired) electrons. The average molecular weight is 472 g/mol. The molecule has 0 bridgehead atoms. The number of hydrogen-bond acceptors (Lipinski definition) is 3. The highest BCUT2D eigenvalue weighted by molar-refractivity contribution is 5.35. The van der Waals surface area contributed by atoms with Gasteiger partial charge in [-0.15, -0.1) is 0 Å². The van der Waals surface area contributed by atoms with Crippen LogP contribution in [0.5, 0.6) is 11.5 Å². The van der Waals surface area contributed by atoms with Crippen LogP contribution >= 0.6 is 0 Å². The highest BCUT2D eigenvalue weighted by atomic mass is 19.3. The van der Waals surface area contributed by atoms with E-state index in [1.165, 1.54) is 6.07 Å². The maximum Gasteiger partial charge on any atom is 0.429 e. The van der Waals surface area contributed by atoms with Gasteiger partial charge >= 0.3 is 6.11 Å². The number of ether oxygens (including phenoxy) is 3. The van der Waals surface area contributed by atoms with Crippen molar-refractivity contribution < 1.29 is 36.2 Å². The molecule has 0 unspecified atom stereocenters. The molecule has 0 aliphatic heterocycles. The van der Waals surface area contributed by atoms with E-state index in [0.29, 0.717) is 17.5 Å². The Balaban J connectivity index is 1.67. The molecule has 3 nitrogen and oxygen atoms in total. The number of halogens is 5. The summed E-state index contributed by atoms with van der Waals surface area (Å²) in [7, 11) is 0. The summed E-state index contributed by atoms with van der Waals surface area (Å²) >= 11 is 0. The van der Waals surface area contributed by atoms with Crippen molar-refractivity contribution in [2.75, 3.05) is 19.8 Å². The predicted octanol–water partition coefficient (Wildman–Crippen LogP) is 7.33. The highest BCUT2D eigenvalue weighted by Crippen LogP contribution is 2.40. The van der Waals surface area contributed by atoms with Crippen molar-refractivity contribution in [2.45, 2.75) is 58.0 Å². The monoisotopic (exact) mass is 472 g/mol. The van der Waals surface area contributed by atoms with Crippen LogP contribution in [0.15, 0.2) is 30.3 Å². The Morgan fingerprint density at radius 2 is 1.61 bits per heavy atom. The summed E-state index contributed by atoms with van der Waals surface area (Å²) in [5.41, 5.74) is -0.634. The summed E-state index contributed by atoms with van der Waals surface area (Å²) in [5.74, 6) is -4.97. The van der Waals surface area contributed by atoms with Crippen molar-refractivity contribution >= 4 is 0 Å². The van der Waals surface area contributed by atoms with E-state index in [1.54, 1.807) is 13.0 Å². The molecule has 3 rings (SSSR count). The third-order valence-electron chi connectivity index (χ3n) is 5.87. The van der Waals surface area contributed by atoms with E-state index in [9.17, 15) is 22.0 Å². The Morgan fingerprint density at radius 3 is 2.24 bits per heavy atom. The fourth-order valence-corrected chi connectivity index (χ4v) is 4.13. The minimum atomic E-state index is -4.28. The van der Waals surface area contributed by atoms with Gasteiger partial charge in [0, 0.05) is 13.2 Å². The first-order chi connectivity index (χ1) is 15.8. The maximum atomic E-state index is 14.6. The first-order valence-corrected chi connectivity index (χ1v) is 11.3. The molecule has 0 spiro atoms. The second-order valence-electron chi connectivity index (χ2n) is 8.27. The van der Waals surface area contributed by atoms with Gasteiger partial charge in [0.15, 0.2) is 23.1 Å². The summed E-state index contributed by atoms with van der Waals surface area (Å²) in [6, 6.07) is 5.38. The highest BCUT2D eigenvalue weighted by Gasteiger charge is 2.40. The first kappa shape index (κ1) is 25.3. The number of hydrogen-bond donors (Lipinski definition) is 0. The van der Waals surface area contributed by atoms with Crippen molar-refractivity contribution in [2.24, 2.45) is 5.92 Å². The summed E-state index contributed by atoms with van der Waals surface area (Å²) in [5, 5.41) is 0. The fraction of sp³-hybridized carbons (Fsp3) is 0.520. The van der Waals surface area contributed by atoms with Crippen molar-refractivity contribution in [1.29, 1.82) is 0 Å². The van der Waals surface area contributed by atoms with Gasteiger partial charge in [0.05, 0.1) is 6.61 Å². The normalized spacial score (nSPS) is 18.9. The van der Waals surface area contributed by atoms with E-state index in [1.807, 2.05) is 0 Å². The van der Waals surface area contributed by atoms with Crippen molar-refractivity contribution in [3.63, 3.8) is 0 Å². The van der Waals surface area contributed by atoms with Crippen LogP contribution in [0, 0.1) is 23.4 Å². The second kappa shape index (κ2) is 11.2. The molecule has 0 saturated heterocycles. The van der Waals surface area contributed by atoms with E-state index in [2.05, 4.69) is 11.7 Å². The molecule has 33 heavy (non-hydrogen) atoms. The SMILES string of the molecule is CCCOCC1CCC(c2ccc(OC(F)(F)c3ccc(OCC)c(F)c3F)c(F)c2)CC1. The summed E-state index contributed by atoms with van der Waals surface area (Å²) in [4.78, 5) is 0. The van der Waals surface area contributed by atoms with E-state index < -0.39 is 40.6 Å². The van der Waals surface area contributed by atoms with E-state index >= 15 is 0 Å². The largest absolute Gasteiger partial charge is 0.491 e. The van der Waals surface area contributed by atoms with Crippen molar-refractivity contribution in [3.05, 3.63) is 58.9 Å². The van der Waals surface area contributed by atoms with Gasteiger partial charge in [-0.25, -0.2) is 8.78 Å². The molecule has 1 aliphatic carbocycles. The van der Waals surface area contributed by atoms with Gasteiger partial charge in [-0.3, -0.25) is 0 Å². The topological polar surface area (TPSA) is 27.7 Å². The lowest BCUT2D eigenvalue weighted by molar-refractivity contribution is -0.189. The van der Waals surface area contributed by atoms with Gasteiger partial charge in [0.1, 0.15) is 5.56 Å². The molecule has 0 heterocycles. The molecule has 0 N–H and O–H groups in total. The van der Waals surface area contributed by atoms with Gasteiger partial charge in [-0.1, -0.05) is 13.0 Å². The van der Waals surface area contributed by atoms with E-state index in [-0.39, 0.29) is 12.5 Å². The zero-order valence-corrected chi connectivity index (χ0v) is 18.8. The van der Waals surface area contributed by atoms with E-state index in [4.69, 9.17) is 9.47 Å². The maximum absolute atomic E-state index is 14.6. The lowest BCUT2D eigenvalue weighted by Gasteiger charge is -2.29. The van der Waals surface area contributed by atoms with Crippen LogP contribution in [0.1, 0.15) is 63.0 Å². The molecule has 2 aromatic rings. The molecular formula is C25H29F5O3. The molecule has 0 amide bonds.